The summed E-state index contributed by atoms with van der Waals surface area (Å²) in [6.07, 6.45) is 0.780. The molecule has 2 heterocycles. The molecule has 1 saturated heterocycles. The van der Waals surface area contributed by atoms with E-state index in [1.807, 2.05) is 0 Å². The number of aromatic nitrogens is 2. The number of amides is 1. The lowest BCUT2D eigenvalue weighted by atomic mass is 10.1. The van der Waals surface area contributed by atoms with Crippen LogP contribution in [0.5, 0.6) is 0 Å². The Balaban J connectivity index is 1.93. The number of nitrogens with zero attached hydrogens (tertiary/aromatic N) is 5. The summed E-state index contributed by atoms with van der Waals surface area (Å²) in [5.74, 6) is -1.61. The first-order chi connectivity index (χ1) is 13.2. The number of thioether (sulfide) groups is 1. The number of carboxylic acids is 1. The quantitative estimate of drug-likeness (QED) is 0.407. The largest absolute Gasteiger partial charge is 0.481 e. The van der Waals surface area contributed by atoms with Crippen molar-refractivity contribution in [1.29, 1.82) is 0 Å². The minimum absolute atomic E-state index is 0.100. The molecule has 1 aromatic heterocycles. The van der Waals surface area contributed by atoms with Gasteiger partial charge in [-0.15, -0.1) is 5.10 Å². The molecular weight excluding hydrogens is 392 g/mol. The number of benzene rings is 1. The normalized spacial score (nSPS) is 18.3. The lowest BCUT2D eigenvalue weighted by Crippen LogP contribution is -2.26. The Morgan fingerprint density at radius 3 is 2.61 bits per heavy atom. The molecule has 0 saturated carbocycles. The van der Waals surface area contributed by atoms with Crippen molar-refractivity contribution in [3.8, 4) is 0 Å². The Morgan fingerprint density at radius 1 is 1.36 bits per heavy atom. The van der Waals surface area contributed by atoms with Crippen LogP contribution in [0.15, 0.2) is 27.1 Å². The number of rotatable bonds is 5. The van der Waals surface area contributed by atoms with Gasteiger partial charge in [0, 0.05) is 20.2 Å². The number of amidine groups is 1. The van der Waals surface area contributed by atoms with Crippen molar-refractivity contribution in [1.82, 2.24) is 14.5 Å². The van der Waals surface area contributed by atoms with Gasteiger partial charge in [0.1, 0.15) is 5.25 Å². The van der Waals surface area contributed by atoms with Gasteiger partial charge >= 0.3 is 11.7 Å². The molecule has 146 valence electrons. The molecular formula is C15H14N6O6S. The summed E-state index contributed by atoms with van der Waals surface area (Å²) in [6, 6.07) is 2.73. The molecule has 0 spiro atoms. The molecule has 0 bridgehead atoms. The summed E-state index contributed by atoms with van der Waals surface area (Å²) in [5.41, 5.74) is 0.423. The van der Waals surface area contributed by atoms with Crippen LogP contribution >= 0.6 is 11.8 Å². The highest BCUT2D eigenvalue weighted by Gasteiger charge is 2.32. The van der Waals surface area contributed by atoms with E-state index in [-0.39, 0.29) is 28.5 Å². The number of nitrogens with one attached hydrogen (secondary N) is 1. The zero-order valence-corrected chi connectivity index (χ0v) is 15.5. The van der Waals surface area contributed by atoms with Crippen molar-refractivity contribution in [2.24, 2.45) is 24.3 Å². The highest BCUT2D eigenvalue weighted by atomic mass is 32.2. The zero-order valence-electron chi connectivity index (χ0n) is 14.6. The average Bonchev–Trinajstić information content (AvgIpc) is 3.06. The zero-order chi connectivity index (χ0) is 20.6. The van der Waals surface area contributed by atoms with Gasteiger partial charge in [0.05, 0.1) is 34.2 Å². The van der Waals surface area contributed by atoms with E-state index in [4.69, 9.17) is 5.11 Å². The van der Waals surface area contributed by atoms with Gasteiger partial charge < -0.3 is 10.4 Å². The first-order valence-electron chi connectivity index (χ1n) is 7.83. The van der Waals surface area contributed by atoms with Gasteiger partial charge in [-0.1, -0.05) is 11.8 Å². The highest BCUT2D eigenvalue weighted by molar-refractivity contribution is 8.15. The molecule has 0 aliphatic carbocycles. The number of nitro benzene ring substituents is 1. The minimum atomic E-state index is -1.12. The molecule has 12 nitrogen and oxygen atoms in total. The van der Waals surface area contributed by atoms with E-state index in [9.17, 15) is 24.5 Å². The monoisotopic (exact) mass is 406 g/mol. The van der Waals surface area contributed by atoms with E-state index in [1.165, 1.54) is 28.3 Å². The van der Waals surface area contributed by atoms with Gasteiger partial charge in [-0.05, 0) is 6.07 Å². The van der Waals surface area contributed by atoms with Crippen molar-refractivity contribution in [3.05, 3.63) is 38.3 Å². The molecule has 28 heavy (non-hydrogen) atoms. The maximum atomic E-state index is 12.0. The fourth-order valence-electron chi connectivity index (χ4n) is 2.70. The Kier molecular flexibility index (Phi) is 5.00. The van der Waals surface area contributed by atoms with Gasteiger partial charge in [-0.3, -0.25) is 28.8 Å². The van der Waals surface area contributed by atoms with E-state index in [1.54, 1.807) is 7.05 Å². The van der Waals surface area contributed by atoms with Crippen molar-refractivity contribution >= 4 is 51.7 Å². The second kappa shape index (κ2) is 7.26. The van der Waals surface area contributed by atoms with Crippen molar-refractivity contribution < 1.29 is 19.6 Å². The van der Waals surface area contributed by atoms with Crippen LogP contribution in [0, 0.1) is 10.1 Å². The third-order valence-electron chi connectivity index (χ3n) is 4.10. The minimum Gasteiger partial charge on any atom is -0.481 e. The van der Waals surface area contributed by atoms with Crippen LogP contribution in [0.2, 0.25) is 0 Å². The number of hydrogen-bond donors (Lipinski definition) is 2. The number of imidazole rings is 1. The SMILES string of the molecule is Cn1c(=O)n(C)c2cc([N+](=O)[O-])c(C=NN=C3NC(=O)C(CC(=O)O)S3)cc21. The summed E-state index contributed by atoms with van der Waals surface area (Å²) < 4.78 is 2.66. The van der Waals surface area contributed by atoms with Crippen LogP contribution in [0.3, 0.4) is 0 Å². The third-order valence-corrected chi connectivity index (χ3v) is 5.17. The first kappa shape index (κ1) is 19.3. The Bertz CT molecular complexity index is 1130. The average molecular weight is 406 g/mol. The molecule has 2 N–H and O–H groups in total. The number of fused-ring (bicyclic) bond motifs is 1. The van der Waals surface area contributed by atoms with E-state index < -0.39 is 22.0 Å². The topological polar surface area (TPSA) is 161 Å². The van der Waals surface area contributed by atoms with Gasteiger partial charge in [-0.2, -0.15) is 5.10 Å². The number of hydrogen-bond acceptors (Lipinski definition) is 8. The highest BCUT2D eigenvalue weighted by Crippen LogP contribution is 2.25. The number of carboxylic acid groups (broad SMARTS) is 1. The lowest BCUT2D eigenvalue weighted by Gasteiger charge is -2.00. The second-order valence-corrected chi connectivity index (χ2v) is 7.09. The smallest absolute Gasteiger partial charge is 0.328 e. The van der Waals surface area contributed by atoms with Crippen LogP contribution in [0.4, 0.5) is 5.69 Å². The molecule has 2 aromatic rings. The molecule has 3 rings (SSSR count). The van der Waals surface area contributed by atoms with Gasteiger partial charge in [-0.25, -0.2) is 4.79 Å². The van der Waals surface area contributed by atoms with Crippen molar-refractivity contribution in [2.45, 2.75) is 11.7 Å². The van der Waals surface area contributed by atoms with E-state index in [0.29, 0.717) is 11.0 Å². The predicted molar refractivity (Wildman–Crippen MR) is 102 cm³/mol. The van der Waals surface area contributed by atoms with Crippen LogP contribution in [0.25, 0.3) is 11.0 Å². The van der Waals surface area contributed by atoms with Crippen LogP contribution < -0.4 is 11.0 Å². The Labute approximate surface area is 160 Å². The van der Waals surface area contributed by atoms with Gasteiger partial charge in [0.25, 0.3) is 5.69 Å². The van der Waals surface area contributed by atoms with Gasteiger partial charge in [0.15, 0.2) is 5.17 Å². The fourth-order valence-corrected chi connectivity index (χ4v) is 3.62. The Hall–Kier alpha value is -3.48. The Morgan fingerprint density at radius 2 is 2.00 bits per heavy atom. The molecule has 1 atom stereocenters. The van der Waals surface area contributed by atoms with Crippen LogP contribution in [0.1, 0.15) is 12.0 Å². The molecule has 1 aliphatic heterocycles. The maximum absolute atomic E-state index is 12.0. The number of nitro groups is 1. The van der Waals surface area contributed by atoms with Crippen LogP contribution in [-0.4, -0.2) is 47.7 Å². The maximum Gasteiger partial charge on any atom is 0.328 e. The standard InChI is InChI=1S/C15H14N6O6S/c1-19-9-3-7(8(21(26)27)4-10(9)20(2)15(19)25)6-16-18-14-17-13(24)11(28-14)5-12(22)23/h3-4,6,11H,5H2,1-2H3,(H,22,23)(H,17,18,24). The second-order valence-electron chi connectivity index (χ2n) is 5.90. The lowest BCUT2D eigenvalue weighted by molar-refractivity contribution is -0.384. The first-order valence-corrected chi connectivity index (χ1v) is 8.71. The third kappa shape index (κ3) is 3.51. The number of carbonyl (C=O) groups excluding carboxylic acids is 1. The predicted octanol–water partition coefficient (Wildman–Crippen LogP) is 0.181. The molecule has 1 aliphatic rings. The molecule has 1 amide bonds. The summed E-state index contributed by atoms with van der Waals surface area (Å²) >= 11 is 0.915. The summed E-state index contributed by atoms with van der Waals surface area (Å²) in [6.45, 7) is 0. The molecule has 1 unspecified atom stereocenters. The summed E-state index contributed by atoms with van der Waals surface area (Å²) in [4.78, 5) is 45.2. The number of aliphatic carboxylic acids is 1. The van der Waals surface area contributed by atoms with Crippen molar-refractivity contribution in [3.63, 3.8) is 0 Å². The fraction of sp³-hybridized carbons (Fsp3) is 0.267. The molecule has 1 aromatic carbocycles. The molecule has 13 heteroatoms. The molecule has 1 fully saturated rings. The summed E-state index contributed by atoms with van der Waals surface area (Å²) in [7, 11) is 3.06. The van der Waals surface area contributed by atoms with Crippen molar-refractivity contribution in [2.75, 3.05) is 0 Å². The van der Waals surface area contributed by atoms with E-state index in [2.05, 4.69) is 15.5 Å². The molecule has 0 radical (unpaired) electrons. The number of carbonyl (C=O) groups is 2. The van der Waals surface area contributed by atoms with E-state index >= 15 is 0 Å². The summed E-state index contributed by atoms with van der Waals surface area (Å²) in [5, 5.41) is 29.4. The van der Waals surface area contributed by atoms with Gasteiger partial charge in [0.2, 0.25) is 5.91 Å². The van der Waals surface area contributed by atoms with Crippen LogP contribution in [-0.2, 0) is 23.7 Å². The van der Waals surface area contributed by atoms with E-state index in [0.717, 1.165) is 18.0 Å². The number of aryl methyl sites for hydroxylation is 2.